The molecule has 1 aromatic rings. The molecule has 7 heteroatoms. The highest BCUT2D eigenvalue weighted by Crippen LogP contribution is 2.19. The first-order valence-corrected chi connectivity index (χ1v) is 7.95. The van der Waals surface area contributed by atoms with E-state index in [1.807, 2.05) is 0 Å². The Bertz CT molecular complexity index is 530. The third-order valence-electron chi connectivity index (χ3n) is 2.82. The second-order valence-electron chi connectivity index (χ2n) is 4.24. The lowest BCUT2D eigenvalue weighted by atomic mass is 10.1. The number of nitrogens with one attached hydrogen (secondary N) is 2. The van der Waals surface area contributed by atoms with Crippen molar-refractivity contribution in [1.82, 2.24) is 10.0 Å². The summed E-state index contributed by atoms with van der Waals surface area (Å²) in [6, 6.07) is 3.66. The van der Waals surface area contributed by atoms with Gasteiger partial charge in [-0.15, -0.1) is 0 Å². The summed E-state index contributed by atoms with van der Waals surface area (Å²) in [6.45, 7) is 1.52. The molecule has 1 aliphatic heterocycles. The van der Waals surface area contributed by atoms with Crippen LogP contribution in [0.25, 0.3) is 0 Å². The Morgan fingerprint density at radius 2 is 2.22 bits per heavy atom. The van der Waals surface area contributed by atoms with Gasteiger partial charge in [0.2, 0.25) is 10.0 Å². The molecule has 0 saturated carbocycles. The van der Waals surface area contributed by atoms with Gasteiger partial charge in [0.1, 0.15) is 5.82 Å². The molecule has 18 heavy (non-hydrogen) atoms. The van der Waals surface area contributed by atoms with Crippen LogP contribution in [-0.2, 0) is 10.0 Å². The van der Waals surface area contributed by atoms with E-state index in [2.05, 4.69) is 26.0 Å². The van der Waals surface area contributed by atoms with Crippen molar-refractivity contribution >= 4 is 26.0 Å². The summed E-state index contributed by atoms with van der Waals surface area (Å²) in [5, 5.41) is 3.12. The standard InChI is InChI=1S/C11H14BrFN2O2S/c12-10-4-3-9(6-11(10)13)18(16,17)15-8-2-1-5-14-7-8/h3-4,6,8,14-15H,1-2,5,7H2. The third-order valence-corrected chi connectivity index (χ3v) is 4.98. The topological polar surface area (TPSA) is 58.2 Å². The zero-order chi connectivity index (χ0) is 13.2. The van der Waals surface area contributed by atoms with E-state index in [1.54, 1.807) is 0 Å². The molecular formula is C11H14BrFN2O2S. The Labute approximate surface area is 114 Å². The van der Waals surface area contributed by atoms with E-state index in [1.165, 1.54) is 12.1 Å². The van der Waals surface area contributed by atoms with Gasteiger partial charge in [0.15, 0.2) is 0 Å². The largest absolute Gasteiger partial charge is 0.315 e. The smallest absolute Gasteiger partial charge is 0.240 e. The molecule has 2 N–H and O–H groups in total. The summed E-state index contributed by atoms with van der Waals surface area (Å²) in [5.41, 5.74) is 0. The SMILES string of the molecule is O=S(=O)(NC1CCCNC1)c1ccc(Br)c(F)c1. The van der Waals surface area contributed by atoms with E-state index >= 15 is 0 Å². The monoisotopic (exact) mass is 336 g/mol. The van der Waals surface area contributed by atoms with E-state index in [9.17, 15) is 12.8 Å². The maximum absolute atomic E-state index is 13.3. The number of rotatable bonds is 3. The lowest BCUT2D eigenvalue weighted by molar-refractivity contribution is 0.428. The number of sulfonamides is 1. The first-order chi connectivity index (χ1) is 8.49. The van der Waals surface area contributed by atoms with Crippen LogP contribution in [0.15, 0.2) is 27.6 Å². The molecule has 0 aromatic heterocycles. The molecule has 1 fully saturated rings. The molecule has 0 amide bonds. The molecule has 2 rings (SSSR count). The van der Waals surface area contributed by atoms with E-state index in [0.717, 1.165) is 25.5 Å². The van der Waals surface area contributed by atoms with Gasteiger partial charge in [-0.2, -0.15) is 0 Å². The molecule has 4 nitrogen and oxygen atoms in total. The predicted molar refractivity (Wildman–Crippen MR) is 70.3 cm³/mol. The van der Waals surface area contributed by atoms with Gasteiger partial charge in [-0.05, 0) is 53.5 Å². The summed E-state index contributed by atoms with van der Waals surface area (Å²) in [4.78, 5) is -0.0474. The quantitative estimate of drug-likeness (QED) is 0.881. The molecule has 1 aliphatic rings. The van der Waals surface area contributed by atoms with E-state index in [0.29, 0.717) is 6.54 Å². The molecule has 0 radical (unpaired) electrons. The second-order valence-corrected chi connectivity index (χ2v) is 6.81. The van der Waals surface area contributed by atoms with E-state index in [-0.39, 0.29) is 15.4 Å². The van der Waals surface area contributed by atoms with Crippen LogP contribution in [0, 0.1) is 5.82 Å². The lowest BCUT2D eigenvalue weighted by Crippen LogP contribution is -2.45. The van der Waals surface area contributed by atoms with Crippen molar-refractivity contribution in [1.29, 1.82) is 0 Å². The fourth-order valence-corrected chi connectivity index (χ4v) is 3.41. The lowest BCUT2D eigenvalue weighted by Gasteiger charge is -2.23. The van der Waals surface area contributed by atoms with Gasteiger partial charge in [-0.25, -0.2) is 17.5 Å². The molecule has 1 atom stereocenters. The van der Waals surface area contributed by atoms with Gasteiger partial charge < -0.3 is 5.32 Å². The third kappa shape index (κ3) is 3.28. The van der Waals surface area contributed by atoms with Gasteiger partial charge >= 0.3 is 0 Å². The summed E-state index contributed by atoms with van der Waals surface area (Å²) in [5.74, 6) is -0.584. The average molecular weight is 337 g/mol. The molecule has 1 heterocycles. The van der Waals surface area contributed by atoms with Crippen LogP contribution in [0.4, 0.5) is 4.39 Å². The van der Waals surface area contributed by atoms with Crippen LogP contribution in [0.5, 0.6) is 0 Å². The van der Waals surface area contributed by atoms with Crippen molar-refractivity contribution in [2.24, 2.45) is 0 Å². The zero-order valence-electron chi connectivity index (χ0n) is 9.62. The highest BCUT2D eigenvalue weighted by molar-refractivity contribution is 9.10. The molecule has 0 bridgehead atoms. The maximum atomic E-state index is 13.3. The average Bonchev–Trinajstić information content (AvgIpc) is 2.33. The first-order valence-electron chi connectivity index (χ1n) is 5.67. The Balaban J connectivity index is 2.16. The van der Waals surface area contributed by atoms with Gasteiger partial charge in [0.05, 0.1) is 9.37 Å². The number of benzene rings is 1. The van der Waals surface area contributed by atoms with Crippen molar-refractivity contribution < 1.29 is 12.8 Å². The Hall–Kier alpha value is -0.500. The van der Waals surface area contributed by atoms with Gasteiger partial charge in [-0.1, -0.05) is 0 Å². The van der Waals surface area contributed by atoms with Crippen molar-refractivity contribution in [2.45, 2.75) is 23.8 Å². The van der Waals surface area contributed by atoms with Crippen LogP contribution >= 0.6 is 15.9 Å². The van der Waals surface area contributed by atoms with Crippen molar-refractivity contribution in [3.8, 4) is 0 Å². The highest BCUT2D eigenvalue weighted by atomic mass is 79.9. The molecule has 1 saturated heterocycles. The fourth-order valence-electron chi connectivity index (χ4n) is 1.88. The van der Waals surface area contributed by atoms with Crippen LogP contribution in [0.3, 0.4) is 0 Å². The fraction of sp³-hybridized carbons (Fsp3) is 0.455. The van der Waals surface area contributed by atoms with Crippen LogP contribution in [0.2, 0.25) is 0 Å². The maximum Gasteiger partial charge on any atom is 0.240 e. The van der Waals surface area contributed by atoms with Crippen molar-refractivity contribution in [3.63, 3.8) is 0 Å². The van der Waals surface area contributed by atoms with Crippen LogP contribution in [0.1, 0.15) is 12.8 Å². The van der Waals surface area contributed by atoms with Crippen molar-refractivity contribution in [3.05, 3.63) is 28.5 Å². The molecule has 0 aliphatic carbocycles. The molecule has 1 aromatic carbocycles. The van der Waals surface area contributed by atoms with Gasteiger partial charge in [-0.3, -0.25) is 0 Å². The molecule has 1 unspecified atom stereocenters. The van der Waals surface area contributed by atoms with Crippen LogP contribution in [-0.4, -0.2) is 27.5 Å². The predicted octanol–water partition coefficient (Wildman–Crippen LogP) is 1.62. The summed E-state index contributed by atoms with van der Waals surface area (Å²) >= 11 is 2.99. The molecule has 0 spiro atoms. The Morgan fingerprint density at radius 3 is 2.83 bits per heavy atom. The minimum Gasteiger partial charge on any atom is -0.315 e. The summed E-state index contributed by atoms with van der Waals surface area (Å²) < 4.78 is 40.3. The normalized spacial score (nSPS) is 20.9. The summed E-state index contributed by atoms with van der Waals surface area (Å²) in [6.07, 6.45) is 1.73. The molecule has 100 valence electrons. The minimum atomic E-state index is -3.65. The van der Waals surface area contributed by atoms with Gasteiger partial charge in [0.25, 0.3) is 0 Å². The number of piperidine rings is 1. The molecular weight excluding hydrogens is 323 g/mol. The van der Waals surface area contributed by atoms with E-state index < -0.39 is 15.8 Å². The highest BCUT2D eigenvalue weighted by Gasteiger charge is 2.22. The Kier molecular flexibility index (Phi) is 4.37. The second kappa shape index (κ2) is 5.64. The van der Waals surface area contributed by atoms with Gasteiger partial charge in [0, 0.05) is 12.6 Å². The van der Waals surface area contributed by atoms with Crippen molar-refractivity contribution in [2.75, 3.05) is 13.1 Å². The zero-order valence-corrected chi connectivity index (χ0v) is 12.0. The summed E-state index contributed by atoms with van der Waals surface area (Å²) in [7, 11) is -3.65. The number of hydrogen-bond donors (Lipinski definition) is 2. The van der Waals surface area contributed by atoms with Crippen LogP contribution < -0.4 is 10.0 Å². The number of halogens is 2. The van der Waals surface area contributed by atoms with E-state index in [4.69, 9.17) is 0 Å². The minimum absolute atomic E-state index is 0.0474. The number of hydrogen-bond acceptors (Lipinski definition) is 3. The first kappa shape index (κ1) is 13.9. The Morgan fingerprint density at radius 1 is 1.44 bits per heavy atom.